The Hall–Kier alpha value is -2.37. The van der Waals surface area contributed by atoms with Crippen molar-refractivity contribution in [1.29, 1.82) is 0 Å². The van der Waals surface area contributed by atoms with Crippen LogP contribution in [0.4, 0.5) is 0 Å². The Labute approximate surface area is 142 Å². The molecule has 1 aliphatic rings. The van der Waals surface area contributed by atoms with Crippen LogP contribution in [-0.4, -0.2) is 30.8 Å². The summed E-state index contributed by atoms with van der Waals surface area (Å²) in [4.78, 5) is 23.3. The predicted molar refractivity (Wildman–Crippen MR) is 91.1 cm³/mol. The Balaban J connectivity index is 1.77. The lowest BCUT2D eigenvalue weighted by molar-refractivity contribution is -0.123. The van der Waals surface area contributed by atoms with Gasteiger partial charge in [0.1, 0.15) is 5.75 Å². The van der Waals surface area contributed by atoms with Gasteiger partial charge >= 0.3 is 5.97 Å². The van der Waals surface area contributed by atoms with Gasteiger partial charge in [-0.1, -0.05) is 6.92 Å². The maximum Gasteiger partial charge on any atom is 0.338 e. The molecule has 2 rings (SSSR count). The molecule has 130 valence electrons. The highest BCUT2D eigenvalue weighted by molar-refractivity contribution is 5.89. The van der Waals surface area contributed by atoms with E-state index in [0.717, 1.165) is 25.0 Å². The minimum Gasteiger partial charge on any atom is -0.484 e. The first kappa shape index (κ1) is 18.0. The number of hydrogen-bond donors (Lipinski definition) is 1. The van der Waals surface area contributed by atoms with Gasteiger partial charge in [-0.05, 0) is 62.8 Å². The number of ether oxygens (including phenoxy) is 2. The van der Waals surface area contributed by atoms with Gasteiger partial charge < -0.3 is 9.47 Å². The molecule has 6 heteroatoms. The number of amides is 1. The molecule has 1 atom stereocenters. The van der Waals surface area contributed by atoms with Crippen molar-refractivity contribution in [3.05, 3.63) is 29.8 Å². The summed E-state index contributed by atoms with van der Waals surface area (Å²) in [5.74, 6) is 0.468. The SMILES string of the molecule is CCOC(=O)c1ccc(OCC(=O)N/N=C2\CCCC(C)C2)cc1. The molecule has 0 saturated heterocycles. The van der Waals surface area contributed by atoms with E-state index < -0.39 is 0 Å². The standard InChI is InChI=1S/C18H24N2O4/c1-3-23-18(22)14-7-9-16(10-8-14)24-12-17(21)20-19-15-6-4-5-13(2)11-15/h7-10,13H,3-6,11-12H2,1-2H3,(H,20,21)/b19-15+. The van der Waals surface area contributed by atoms with Crippen molar-refractivity contribution in [3.8, 4) is 5.75 Å². The Morgan fingerprint density at radius 2 is 2.04 bits per heavy atom. The van der Waals surface area contributed by atoms with Crippen molar-refractivity contribution < 1.29 is 19.1 Å². The van der Waals surface area contributed by atoms with Crippen molar-refractivity contribution in [3.63, 3.8) is 0 Å². The highest BCUT2D eigenvalue weighted by Crippen LogP contribution is 2.20. The lowest BCUT2D eigenvalue weighted by Gasteiger charge is -2.18. The second-order valence-electron chi connectivity index (χ2n) is 5.95. The molecule has 24 heavy (non-hydrogen) atoms. The van der Waals surface area contributed by atoms with Crippen molar-refractivity contribution in [2.75, 3.05) is 13.2 Å². The fourth-order valence-corrected chi connectivity index (χ4v) is 2.59. The fraction of sp³-hybridized carbons (Fsp3) is 0.500. The quantitative estimate of drug-likeness (QED) is 0.642. The Morgan fingerprint density at radius 1 is 1.29 bits per heavy atom. The fourth-order valence-electron chi connectivity index (χ4n) is 2.59. The van der Waals surface area contributed by atoms with E-state index in [9.17, 15) is 9.59 Å². The molecule has 1 amide bonds. The maximum absolute atomic E-state index is 11.8. The molecule has 6 nitrogen and oxygen atoms in total. The molecule has 1 aromatic carbocycles. The van der Waals surface area contributed by atoms with E-state index in [1.165, 1.54) is 6.42 Å². The van der Waals surface area contributed by atoms with Crippen molar-refractivity contribution in [2.24, 2.45) is 11.0 Å². The van der Waals surface area contributed by atoms with E-state index >= 15 is 0 Å². The Kier molecular flexibility index (Phi) is 6.78. The minimum absolute atomic E-state index is 0.120. The van der Waals surface area contributed by atoms with Crippen LogP contribution < -0.4 is 10.2 Å². The average molecular weight is 332 g/mol. The minimum atomic E-state index is -0.376. The maximum atomic E-state index is 11.8. The van der Waals surface area contributed by atoms with Gasteiger partial charge in [-0.2, -0.15) is 5.10 Å². The molecule has 0 heterocycles. The van der Waals surface area contributed by atoms with Crippen LogP contribution >= 0.6 is 0 Å². The topological polar surface area (TPSA) is 77.0 Å². The molecular weight excluding hydrogens is 308 g/mol. The van der Waals surface area contributed by atoms with Crippen LogP contribution in [0.5, 0.6) is 5.75 Å². The predicted octanol–water partition coefficient (Wildman–Crippen LogP) is 2.92. The van der Waals surface area contributed by atoms with Crippen LogP contribution in [0.2, 0.25) is 0 Å². The molecule has 1 saturated carbocycles. The van der Waals surface area contributed by atoms with Gasteiger partial charge in [0.15, 0.2) is 6.61 Å². The van der Waals surface area contributed by atoms with Crippen LogP contribution in [-0.2, 0) is 9.53 Å². The first-order valence-electron chi connectivity index (χ1n) is 8.32. The van der Waals surface area contributed by atoms with Gasteiger partial charge in [0.05, 0.1) is 12.2 Å². The van der Waals surface area contributed by atoms with Gasteiger partial charge in [0.25, 0.3) is 5.91 Å². The van der Waals surface area contributed by atoms with Gasteiger partial charge in [0.2, 0.25) is 0 Å². The number of benzene rings is 1. The second-order valence-corrected chi connectivity index (χ2v) is 5.95. The molecule has 1 aliphatic carbocycles. The largest absolute Gasteiger partial charge is 0.484 e. The zero-order valence-corrected chi connectivity index (χ0v) is 14.2. The molecule has 0 bridgehead atoms. The molecule has 1 unspecified atom stereocenters. The highest BCUT2D eigenvalue weighted by atomic mass is 16.5. The van der Waals surface area contributed by atoms with Crippen molar-refractivity contribution >= 4 is 17.6 Å². The lowest BCUT2D eigenvalue weighted by Crippen LogP contribution is -2.27. The van der Waals surface area contributed by atoms with Gasteiger partial charge in [-0.25, -0.2) is 10.2 Å². The van der Waals surface area contributed by atoms with E-state index in [1.54, 1.807) is 31.2 Å². The number of nitrogens with one attached hydrogen (secondary N) is 1. The third kappa shape index (κ3) is 5.68. The molecule has 1 N–H and O–H groups in total. The summed E-state index contributed by atoms with van der Waals surface area (Å²) in [7, 11) is 0. The second kappa shape index (κ2) is 9.05. The third-order valence-corrected chi connectivity index (χ3v) is 3.82. The first-order chi connectivity index (χ1) is 11.6. The van der Waals surface area contributed by atoms with Gasteiger partial charge in [-0.3, -0.25) is 4.79 Å². The number of carbonyl (C=O) groups is 2. The molecule has 0 aromatic heterocycles. The molecule has 0 aliphatic heterocycles. The van der Waals surface area contributed by atoms with Gasteiger partial charge in [-0.15, -0.1) is 0 Å². The van der Waals surface area contributed by atoms with E-state index in [1.807, 2.05) is 0 Å². The van der Waals surface area contributed by atoms with E-state index in [4.69, 9.17) is 9.47 Å². The molecular formula is C18H24N2O4. The summed E-state index contributed by atoms with van der Waals surface area (Å²) in [6.07, 6.45) is 4.23. The third-order valence-electron chi connectivity index (χ3n) is 3.82. The summed E-state index contributed by atoms with van der Waals surface area (Å²) in [5, 5.41) is 4.18. The van der Waals surface area contributed by atoms with Gasteiger partial charge in [0, 0.05) is 5.71 Å². The number of nitrogens with zero attached hydrogens (tertiary/aromatic N) is 1. The first-order valence-corrected chi connectivity index (χ1v) is 8.32. The smallest absolute Gasteiger partial charge is 0.338 e. The monoisotopic (exact) mass is 332 g/mol. The number of carbonyl (C=O) groups excluding carboxylic acids is 2. The van der Waals surface area contributed by atoms with Crippen molar-refractivity contribution in [1.82, 2.24) is 5.43 Å². The zero-order valence-electron chi connectivity index (χ0n) is 14.2. The van der Waals surface area contributed by atoms with Crippen LogP contribution in [0.3, 0.4) is 0 Å². The van der Waals surface area contributed by atoms with Crippen LogP contribution in [0.25, 0.3) is 0 Å². The Morgan fingerprint density at radius 3 is 2.71 bits per heavy atom. The number of rotatable bonds is 6. The van der Waals surface area contributed by atoms with Crippen molar-refractivity contribution in [2.45, 2.75) is 39.5 Å². The number of hydrazone groups is 1. The van der Waals surface area contributed by atoms with Crippen LogP contribution in [0, 0.1) is 5.92 Å². The lowest BCUT2D eigenvalue weighted by atomic mass is 9.89. The molecule has 1 aromatic rings. The molecule has 1 fully saturated rings. The number of hydrogen-bond acceptors (Lipinski definition) is 5. The van der Waals surface area contributed by atoms with E-state index in [-0.39, 0.29) is 18.5 Å². The summed E-state index contributed by atoms with van der Waals surface area (Å²) >= 11 is 0. The molecule has 0 radical (unpaired) electrons. The summed E-state index contributed by atoms with van der Waals surface area (Å²) < 4.78 is 10.3. The van der Waals surface area contributed by atoms with E-state index in [2.05, 4.69) is 17.5 Å². The van der Waals surface area contributed by atoms with Crippen LogP contribution in [0.1, 0.15) is 49.9 Å². The molecule has 0 spiro atoms. The summed E-state index contributed by atoms with van der Waals surface area (Å²) in [5.41, 5.74) is 4.03. The summed E-state index contributed by atoms with van der Waals surface area (Å²) in [6, 6.07) is 6.48. The Bertz CT molecular complexity index is 596. The normalized spacial score (nSPS) is 18.9. The average Bonchev–Trinajstić information content (AvgIpc) is 2.59. The number of esters is 1. The van der Waals surface area contributed by atoms with Crippen LogP contribution in [0.15, 0.2) is 29.4 Å². The summed E-state index contributed by atoms with van der Waals surface area (Å²) in [6.45, 7) is 4.16. The van der Waals surface area contributed by atoms with E-state index in [0.29, 0.717) is 23.8 Å². The highest BCUT2D eigenvalue weighted by Gasteiger charge is 2.14. The zero-order chi connectivity index (χ0) is 17.4.